The fourth-order valence-electron chi connectivity index (χ4n) is 1.70. The highest BCUT2D eigenvalue weighted by Gasteiger charge is 2.40. The monoisotopic (exact) mass is 249 g/mol. The van der Waals surface area contributed by atoms with E-state index in [1.165, 1.54) is 0 Å². The highest BCUT2D eigenvalue weighted by atomic mass is 32.2. The largest absolute Gasteiger partial charge is 0.314 e. The zero-order chi connectivity index (χ0) is 12.4. The van der Waals surface area contributed by atoms with Gasteiger partial charge < -0.3 is 10.2 Å². The Morgan fingerprint density at radius 1 is 1.38 bits per heavy atom. The maximum Gasteiger partial charge on any atom is 0.220 e. The van der Waals surface area contributed by atoms with Crippen molar-refractivity contribution >= 4 is 10.0 Å². The van der Waals surface area contributed by atoms with Crippen LogP contribution in [-0.2, 0) is 10.0 Å². The fraction of sp³-hybridized carbons (Fsp3) is 1.00. The minimum atomic E-state index is -3.19. The molecule has 0 bridgehead atoms. The molecule has 6 heteroatoms. The molecule has 16 heavy (non-hydrogen) atoms. The molecule has 1 N–H and O–H groups in total. The van der Waals surface area contributed by atoms with Crippen LogP contribution in [0.15, 0.2) is 0 Å². The molecule has 1 aliphatic rings. The molecule has 96 valence electrons. The van der Waals surface area contributed by atoms with Crippen LogP contribution in [0.2, 0.25) is 0 Å². The normalized spacial score (nSPS) is 25.6. The van der Waals surface area contributed by atoms with Crippen molar-refractivity contribution in [2.75, 3.05) is 46.8 Å². The van der Waals surface area contributed by atoms with E-state index in [0.717, 1.165) is 13.1 Å². The molecule has 1 rings (SSSR count). The quantitative estimate of drug-likeness (QED) is 0.737. The maximum absolute atomic E-state index is 12.3. The number of hydrogen-bond donors (Lipinski definition) is 1. The van der Waals surface area contributed by atoms with Crippen molar-refractivity contribution in [1.29, 1.82) is 0 Å². The molecule has 0 amide bonds. The molecule has 0 saturated carbocycles. The van der Waals surface area contributed by atoms with Gasteiger partial charge in [-0.25, -0.2) is 8.42 Å². The van der Waals surface area contributed by atoms with E-state index < -0.39 is 14.8 Å². The van der Waals surface area contributed by atoms with Gasteiger partial charge in [0.1, 0.15) is 0 Å². The molecule has 5 nitrogen and oxygen atoms in total. The lowest BCUT2D eigenvalue weighted by Gasteiger charge is -2.29. The van der Waals surface area contributed by atoms with E-state index in [1.807, 2.05) is 19.0 Å². The first-order chi connectivity index (χ1) is 7.27. The third-order valence-corrected chi connectivity index (χ3v) is 5.51. The summed E-state index contributed by atoms with van der Waals surface area (Å²) >= 11 is 0. The Balaban J connectivity index is 2.82. The minimum absolute atomic E-state index is 0.522. The van der Waals surface area contributed by atoms with Crippen LogP contribution in [-0.4, -0.2) is 69.2 Å². The number of sulfonamides is 1. The zero-order valence-corrected chi connectivity index (χ0v) is 11.5. The standard InChI is InChI=1S/C10H23N3O2S/c1-10(2)9-11-5-6-13(16(10,14)15)8-7-12(3)4/h11H,5-9H2,1-4H3. The molecule has 1 saturated heterocycles. The maximum atomic E-state index is 12.3. The average molecular weight is 249 g/mol. The van der Waals surface area contributed by atoms with Crippen molar-refractivity contribution in [1.82, 2.24) is 14.5 Å². The molecule has 0 aromatic carbocycles. The van der Waals surface area contributed by atoms with Crippen LogP contribution in [0.4, 0.5) is 0 Å². The lowest BCUT2D eigenvalue weighted by molar-refractivity contribution is 0.334. The highest BCUT2D eigenvalue weighted by molar-refractivity contribution is 7.90. The molecule has 0 radical (unpaired) electrons. The van der Waals surface area contributed by atoms with Crippen LogP contribution in [0.1, 0.15) is 13.8 Å². The van der Waals surface area contributed by atoms with E-state index in [1.54, 1.807) is 18.2 Å². The third kappa shape index (κ3) is 2.94. The summed E-state index contributed by atoms with van der Waals surface area (Å²) in [5.74, 6) is 0. The first kappa shape index (κ1) is 13.9. The Kier molecular flexibility index (Phi) is 4.34. The van der Waals surface area contributed by atoms with E-state index in [4.69, 9.17) is 0 Å². The van der Waals surface area contributed by atoms with Crippen molar-refractivity contribution in [2.24, 2.45) is 0 Å². The van der Waals surface area contributed by atoms with Gasteiger partial charge in [0.15, 0.2) is 0 Å². The number of nitrogens with one attached hydrogen (secondary N) is 1. The van der Waals surface area contributed by atoms with E-state index in [0.29, 0.717) is 19.6 Å². The van der Waals surface area contributed by atoms with Crippen LogP contribution < -0.4 is 5.32 Å². The van der Waals surface area contributed by atoms with Crippen molar-refractivity contribution in [3.63, 3.8) is 0 Å². The Hall–Kier alpha value is -0.170. The van der Waals surface area contributed by atoms with Crippen LogP contribution in [0.25, 0.3) is 0 Å². The molecular formula is C10H23N3O2S. The van der Waals surface area contributed by atoms with E-state index in [2.05, 4.69) is 5.32 Å². The third-order valence-electron chi connectivity index (χ3n) is 2.92. The van der Waals surface area contributed by atoms with Crippen molar-refractivity contribution in [2.45, 2.75) is 18.6 Å². The van der Waals surface area contributed by atoms with Gasteiger partial charge in [-0.2, -0.15) is 4.31 Å². The molecule has 0 aromatic heterocycles. The van der Waals surface area contributed by atoms with Crippen molar-refractivity contribution in [3.8, 4) is 0 Å². The highest BCUT2D eigenvalue weighted by Crippen LogP contribution is 2.21. The molecule has 0 unspecified atom stereocenters. The number of likely N-dealkylation sites (N-methyl/N-ethyl adjacent to an activating group) is 1. The second kappa shape index (κ2) is 5.00. The molecule has 1 aliphatic heterocycles. The summed E-state index contributed by atoms with van der Waals surface area (Å²) in [4.78, 5) is 2.00. The smallest absolute Gasteiger partial charge is 0.220 e. The van der Waals surface area contributed by atoms with Gasteiger partial charge in [0.25, 0.3) is 0 Å². The van der Waals surface area contributed by atoms with Crippen molar-refractivity contribution < 1.29 is 8.42 Å². The lowest BCUT2D eigenvalue weighted by Crippen LogP contribution is -2.47. The van der Waals surface area contributed by atoms with E-state index >= 15 is 0 Å². The first-order valence-electron chi connectivity index (χ1n) is 5.62. The average Bonchev–Trinajstić information content (AvgIpc) is 2.23. The molecule has 0 spiro atoms. The fourth-order valence-corrected chi connectivity index (χ4v) is 3.33. The summed E-state index contributed by atoms with van der Waals surface area (Å²) in [6.45, 7) is 6.71. The number of nitrogens with zero attached hydrogens (tertiary/aromatic N) is 2. The second-order valence-electron chi connectivity index (χ2n) is 5.14. The van der Waals surface area contributed by atoms with Gasteiger partial charge in [-0.1, -0.05) is 0 Å². The summed E-state index contributed by atoms with van der Waals surface area (Å²) in [6, 6.07) is 0. The van der Waals surface area contributed by atoms with E-state index in [9.17, 15) is 8.42 Å². The summed E-state index contributed by atoms with van der Waals surface area (Å²) in [5.41, 5.74) is 0. The van der Waals surface area contributed by atoms with Gasteiger partial charge in [0, 0.05) is 32.7 Å². The predicted molar refractivity (Wildman–Crippen MR) is 66.0 cm³/mol. The predicted octanol–water partition coefficient (Wildman–Crippen LogP) is -0.438. The zero-order valence-electron chi connectivity index (χ0n) is 10.7. The Morgan fingerprint density at radius 2 is 2.00 bits per heavy atom. The van der Waals surface area contributed by atoms with Gasteiger partial charge in [0.05, 0.1) is 4.75 Å². The van der Waals surface area contributed by atoms with Crippen LogP contribution in [0, 0.1) is 0 Å². The Morgan fingerprint density at radius 3 is 2.56 bits per heavy atom. The SMILES string of the molecule is CN(C)CCN1CCNCC(C)(C)S1(=O)=O. The van der Waals surface area contributed by atoms with Gasteiger partial charge in [-0.15, -0.1) is 0 Å². The molecule has 0 atom stereocenters. The van der Waals surface area contributed by atoms with Gasteiger partial charge in [-0.05, 0) is 27.9 Å². The van der Waals surface area contributed by atoms with Crippen LogP contribution >= 0.6 is 0 Å². The summed E-state index contributed by atoms with van der Waals surface area (Å²) in [5, 5.41) is 3.18. The second-order valence-corrected chi connectivity index (χ2v) is 7.72. The lowest BCUT2D eigenvalue weighted by atomic mass is 10.2. The van der Waals surface area contributed by atoms with Crippen molar-refractivity contribution in [3.05, 3.63) is 0 Å². The van der Waals surface area contributed by atoms with E-state index in [-0.39, 0.29) is 0 Å². The first-order valence-corrected chi connectivity index (χ1v) is 7.06. The molecule has 1 fully saturated rings. The summed E-state index contributed by atoms with van der Waals surface area (Å²) in [7, 11) is 0.715. The minimum Gasteiger partial charge on any atom is -0.314 e. The van der Waals surface area contributed by atoms with Gasteiger partial charge in [-0.3, -0.25) is 0 Å². The summed E-state index contributed by atoms with van der Waals surface area (Å²) in [6.07, 6.45) is 0. The van der Waals surface area contributed by atoms with Crippen LogP contribution in [0.5, 0.6) is 0 Å². The molecule has 0 aromatic rings. The van der Waals surface area contributed by atoms with Crippen LogP contribution in [0.3, 0.4) is 0 Å². The topological polar surface area (TPSA) is 52.6 Å². The van der Waals surface area contributed by atoms with Gasteiger partial charge in [0.2, 0.25) is 10.0 Å². The Labute approximate surface area is 98.8 Å². The molecule has 0 aliphatic carbocycles. The molecule has 1 heterocycles. The molecular weight excluding hydrogens is 226 g/mol. The summed E-state index contributed by atoms with van der Waals surface area (Å²) < 4.78 is 25.6. The number of hydrogen-bond acceptors (Lipinski definition) is 4. The Bertz CT molecular complexity index is 325. The number of rotatable bonds is 3. The van der Waals surface area contributed by atoms with Gasteiger partial charge >= 0.3 is 0 Å².